The van der Waals surface area contributed by atoms with E-state index in [0.717, 1.165) is 19.4 Å². The summed E-state index contributed by atoms with van der Waals surface area (Å²) in [6.45, 7) is 7.02. The zero-order chi connectivity index (χ0) is 12.9. The molecule has 0 aromatic rings. The van der Waals surface area contributed by atoms with Crippen LogP contribution in [0.5, 0.6) is 0 Å². The molecule has 0 saturated carbocycles. The fourth-order valence-corrected chi connectivity index (χ4v) is 2.09. The molecule has 1 aliphatic heterocycles. The van der Waals surface area contributed by atoms with Crippen molar-refractivity contribution in [3.63, 3.8) is 0 Å². The fraction of sp³-hybridized carbons (Fsp3) is 0.769. The molecule has 0 aliphatic carbocycles. The third-order valence-corrected chi connectivity index (χ3v) is 2.94. The Morgan fingerprint density at radius 2 is 2.35 bits per heavy atom. The highest BCUT2D eigenvalue weighted by molar-refractivity contribution is 5.81. The Kier molecular flexibility index (Phi) is 4.98. The first kappa shape index (κ1) is 14.0. The van der Waals surface area contributed by atoms with Gasteiger partial charge in [0.25, 0.3) is 0 Å². The predicted molar refractivity (Wildman–Crippen MR) is 67.5 cm³/mol. The van der Waals surface area contributed by atoms with E-state index in [1.54, 1.807) is 0 Å². The molecule has 4 heteroatoms. The van der Waals surface area contributed by atoms with Gasteiger partial charge in [0.1, 0.15) is 0 Å². The van der Waals surface area contributed by atoms with E-state index in [4.69, 9.17) is 11.2 Å². The van der Waals surface area contributed by atoms with Crippen LogP contribution in [0.3, 0.4) is 0 Å². The van der Waals surface area contributed by atoms with E-state index in [2.05, 4.69) is 30.4 Å². The summed E-state index contributed by atoms with van der Waals surface area (Å²) < 4.78 is 5.64. The summed E-state index contributed by atoms with van der Waals surface area (Å²) in [6, 6.07) is 0.104. The number of hydrogen-bond acceptors (Lipinski definition) is 3. The highest BCUT2D eigenvalue weighted by atomic mass is 16.5. The molecule has 0 spiro atoms. The van der Waals surface area contributed by atoms with Gasteiger partial charge in [0, 0.05) is 12.6 Å². The summed E-state index contributed by atoms with van der Waals surface area (Å²) >= 11 is 0. The quantitative estimate of drug-likeness (QED) is 0.708. The number of amides is 1. The minimum absolute atomic E-state index is 0.0488. The fourth-order valence-electron chi connectivity index (χ4n) is 2.09. The van der Waals surface area contributed by atoms with E-state index < -0.39 is 0 Å². The molecule has 2 unspecified atom stereocenters. The lowest BCUT2D eigenvalue weighted by atomic mass is 9.93. The number of rotatable bonds is 4. The van der Waals surface area contributed by atoms with Gasteiger partial charge in [-0.05, 0) is 33.6 Å². The molecule has 2 N–H and O–H groups in total. The Morgan fingerprint density at radius 3 is 2.94 bits per heavy atom. The van der Waals surface area contributed by atoms with Crippen molar-refractivity contribution in [1.82, 2.24) is 10.6 Å². The summed E-state index contributed by atoms with van der Waals surface area (Å²) in [5.74, 6) is 2.34. The average molecular weight is 238 g/mol. The van der Waals surface area contributed by atoms with E-state index in [9.17, 15) is 4.79 Å². The van der Waals surface area contributed by atoms with Crippen molar-refractivity contribution in [2.45, 2.75) is 51.3 Å². The third kappa shape index (κ3) is 4.76. The largest absolute Gasteiger partial charge is 0.375 e. The molecule has 17 heavy (non-hydrogen) atoms. The third-order valence-electron chi connectivity index (χ3n) is 2.94. The topological polar surface area (TPSA) is 50.4 Å². The van der Waals surface area contributed by atoms with Crippen molar-refractivity contribution in [3.8, 4) is 12.3 Å². The standard InChI is InChI=1S/C13H22N2O2/c1-5-7-14-12(16)10(2)15-11-6-8-17-13(3,4)9-11/h1,10-11,15H,6-9H2,2-4H3,(H,14,16). The normalized spacial score (nSPS) is 24.7. The van der Waals surface area contributed by atoms with Crippen molar-refractivity contribution < 1.29 is 9.53 Å². The van der Waals surface area contributed by atoms with E-state index in [1.807, 2.05) is 6.92 Å². The summed E-state index contributed by atoms with van der Waals surface area (Å²) in [7, 11) is 0. The number of carbonyl (C=O) groups is 1. The first-order valence-corrected chi connectivity index (χ1v) is 6.06. The van der Waals surface area contributed by atoms with Gasteiger partial charge in [-0.3, -0.25) is 4.79 Å². The monoisotopic (exact) mass is 238 g/mol. The van der Waals surface area contributed by atoms with Crippen LogP contribution in [0.15, 0.2) is 0 Å². The van der Waals surface area contributed by atoms with Gasteiger partial charge >= 0.3 is 0 Å². The number of nitrogens with one attached hydrogen (secondary N) is 2. The molecule has 1 amide bonds. The van der Waals surface area contributed by atoms with Crippen LogP contribution >= 0.6 is 0 Å². The lowest BCUT2D eigenvalue weighted by molar-refractivity contribution is -0.123. The summed E-state index contributed by atoms with van der Waals surface area (Å²) in [5, 5.41) is 6.00. The molecule has 4 nitrogen and oxygen atoms in total. The Balaban J connectivity index is 2.38. The summed E-state index contributed by atoms with van der Waals surface area (Å²) in [6.07, 6.45) is 6.95. The van der Waals surface area contributed by atoms with Gasteiger partial charge in [0.2, 0.25) is 5.91 Å². The maximum absolute atomic E-state index is 11.6. The van der Waals surface area contributed by atoms with Crippen LogP contribution in [-0.2, 0) is 9.53 Å². The van der Waals surface area contributed by atoms with Gasteiger partial charge < -0.3 is 15.4 Å². The first-order valence-electron chi connectivity index (χ1n) is 6.06. The maximum atomic E-state index is 11.6. The number of carbonyl (C=O) groups excluding carboxylic acids is 1. The molecule has 0 radical (unpaired) electrons. The van der Waals surface area contributed by atoms with Gasteiger partial charge in [-0.25, -0.2) is 0 Å². The second-order valence-electron chi connectivity index (χ2n) is 5.11. The zero-order valence-corrected chi connectivity index (χ0v) is 10.9. The molecule has 0 bridgehead atoms. The molecule has 1 fully saturated rings. The van der Waals surface area contributed by atoms with Crippen LogP contribution in [0.1, 0.15) is 33.6 Å². The maximum Gasteiger partial charge on any atom is 0.237 e. The van der Waals surface area contributed by atoms with Crippen LogP contribution in [0, 0.1) is 12.3 Å². The van der Waals surface area contributed by atoms with Crippen molar-refractivity contribution in [1.29, 1.82) is 0 Å². The minimum Gasteiger partial charge on any atom is -0.375 e. The number of terminal acetylenes is 1. The van der Waals surface area contributed by atoms with Gasteiger partial charge in [-0.15, -0.1) is 6.42 Å². The van der Waals surface area contributed by atoms with E-state index in [-0.39, 0.29) is 24.1 Å². The van der Waals surface area contributed by atoms with Crippen molar-refractivity contribution in [3.05, 3.63) is 0 Å². The van der Waals surface area contributed by atoms with Crippen molar-refractivity contribution >= 4 is 5.91 Å². The number of ether oxygens (including phenoxy) is 1. The van der Waals surface area contributed by atoms with Gasteiger partial charge in [-0.1, -0.05) is 5.92 Å². The molecular weight excluding hydrogens is 216 g/mol. The summed E-state index contributed by atoms with van der Waals surface area (Å²) in [4.78, 5) is 11.6. The van der Waals surface area contributed by atoms with Gasteiger partial charge in [0.05, 0.1) is 18.2 Å². The minimum atomic E-state index is -0.220. The highest BCUT2D eigenvalue weighted by Crippen LogP contribution is 2.24. The second-order valence-corrected chi connectivity index (χ2v) is 5.11. The molecular formula is C13H22N2O2. The van der Waals surface area contributed by atoms with E-state index in [0.29, 0.717) is 6.04 Å². The first-order chi connectivity index (χ1) is 7.94. The predicted octanol–water partition coefficient (Wildman–Crippen LogP) is 0.671. The highest BCUT2D eigenvalue weighted by Gasteiger charge is 2.30. The molecule has 1 aliphatic rings. The van der Waals surface area contributed by atoms with Crippen LogP contribution in [0.4, 0.5) is 0 Å². The van der Waals surface area contributed by atoms with Gasteiger partial charge in [-0.2, -0.15) is 0 Å². The molecule has 2 atom stereocenters. The molecule has 1 rings (SSSR count). The second kappa shape index (κ2) is 6.04. The number of hydrogen-bond donors (Lipinski definition) is 2. The Labute approximate surface area is 103 Å². The molecule has 96 valence electrons. The van der Waals surface area contributed by atoms with E-state index >= 15 is 0 Å². The Morgan fingerprint density at radius 1 is 1.65 bits per heavy atom. The smallest absolute Gasteiger partial charge is 0.237 e. The molecule has 1 saturated heterocycles. The Bertz CT molecular complexity index is 307. The lowest BCUT2D eigenvalue weighted by Gasteiger charge is -2.36. The van der Waals surface area contributed by atoms with Crippen molar-refractivity contribution in [2.24, 2.45) is 0 Å². The summed E-state index contributed by atoms with van der Waals surface area (Å²) in [5.41, 5.74) is -0.106. The molecule has 1 heterocycles. The van der Waals surface area contributed by atoms with E-state index in [1.165, 1.54) is 0 Å². The van der Waals surface area contributed by atoms with Crippen LogP contribution in [-0.4, -0.2) is 36.7 Å². The van der Waals surface area contributed by atoms with Crippen LogP contribution < -0.4 is 10.6 Å². The Hall–Kier alpha value is -1.05. The van der Waals surface area contributed by atoms with Crippen molar-refractivity contribution in [2.75, 3.05) is 13.2 Å². The average Bonchev–Trinajstić information content (AvgIpc) is 2.24. The van der Waals surface area contributed by atoms with Crippen LogP contribution in [0.25, 0.3) is 0 Å². The van der Waals surface area contributed by atoms with Crippen LogP contribution in [0.2, 0.25) is 0 Å². The molecule has 0 aromatic heterocycles. The zero-order valence-electron chi connectivity index (χ0n) is 10.9. The SMILES string of the molecule is C#CCNC(=O)C(C)NC1CCOC(C)(C)C1. The van der Waals surface area contributed by atoms with Gasteiger partial charge in [0.15, 0.2) is 0 Å². The molecule has 0 aromatic carbocycles. The lowest BCUT2D eigenvalue weighted by Crippen LogP contribution is -2.51.